The summed E-state index contributed by atoms with van der Waals surface area (Å²) in [6, 6.07) is 14.7. The molecule has 3 amide bonds. The lowest BCUT2D eigenvalue weighted by molar-refractivity contribution is -0.140. The number of carbonyl (C=O) groups is 3. The molecule has 34 heavy (non-hydrogen) atoms. The summed E-state index contributed by atoms with van der Waals surface area (Å²) in [4.78, 5) is 42.1. The van der Waals surface area contributed by atoms with Crippen LogP contribution in [0.25, 0.3) is 10.8 Å². The van der Waals surface area contributed by atoms with Gasteiger partial charge in [0.15, 0.2) is 11.5 Å². The molecule has 8 nitrogen and oxygen atoms in total. The smallest absolute Gasteiger partial charge is 0.261 e. The minimum absolute atomic E-state index is 0.207. The summed E-state index contributed by atoms with van der Waals surface area (Å²) < 4.78 is 12.1. The molecule has 0 N–H and O–H groups in total. The van der Waals surface area contributed by atoms with Crippen LogP contribution in [0.4, 0.5) is 17.1 Å². The van der Waals surface area contributed by atoms with Crippen LogP contribution in [-0.2, 0) is 9.59 Å². The number of imide groups is 1. The van der Waals surface area contributed by atoms with Gasteiger partial charge in [0.1, 0.15) is 6.04 Å². The van der Waals surface area contributed by atoms with Gasteiger partial charge in [0.05, 0.1) is 34.1 Å². The van der Waals surface area contributed by atoms with Gasteiger partial charge in [-0.05, 0) is 43.7 Å². The van der Waals surface area contributed by atoms with Crippen molar-refractivity contribution in [3.8, 4) is 11.5 Å². The molecular formula is C25H20IN3O5. The Balaban J connectivity index is 1.46. The van der Waals surface area contributed by atoms with E-state index < -0.39 is 6.04 Å². The molecule has 1 saturated heterocycles. The van der Waals surface area contributed by atoms with Crippen molar-refractivity contribution in [2.75, 3.05) is 23.1 Å². The Morgan fingerprint density at radius 3 is 2.71 bits per heavy atom. The Hall–Kier alpha value is -3.34. The fourth-order valence-corrected chi connectivity index (χ4v) is 5.62. The number of benzene rings is 3. The molecule has 6 rings (SSSR count). The molecule has 1 atom stereocenters. The van der Waals surface area contributed by atoms with Gasteiger partial charge in [-0.3, -0.25) is 19.3 Å². The highest BCUT2D eigenvalue weighted by atomic mass is 127. The van der Waals surface area contributed by atoms with Crippen molar-refractivity contribution in [1.29, 1.82) is 0 Å². The number of fused-ring (bicyclic) bond motifs is 1. The highest BCUT2D eigenvalue weighted by Gasteiger charge is 2.43. The van der Waals surface area contributed by atoms with E-state index in [4.69, 9.17) is 9.47 Å². The molecule has 0 aliphatic carbocycles. The molecule has 172 valence electrons. The van der Waals surface area contributed by atoms with E-state index >= 15 is 0 Å². The summed E-state index contributed by atoms with van der Waals surface area (Å²) in [6.07, 6.45) is 0.548. The quantitative estimate of drug-likeness (QED) is 0.261. The molecule has 0 saturated carbocycles. The first-order valence-electron chi connectivity index (χ1n) is 11.1. The highest BCUT2D eigenvalue weighted by Crippen LogP contribution is 2.45. The van der Waals surface area contributed by atoms with Gasteiger partial charge in [-0.15, -0.1) is 0 Å². The summed E-state index contributed by atoms with van der Waals surface area (Å²) in [5.41, 5.74) is 3.19. The van der Waals surface area contributed by atoms with Gasteiger partial charge in [0.2, 0.25) is 12.7 Å². The first-order valence-corrected chi connectivity index (χ1v) is 12.0. The Morgan fingerprint density at radius 2 is 1.88 bits per heavy atom. The third-order valence-electron chi connectivity index (χ3n) is 6.62. The second kappa shape index (κ2) is 7.86. The third-order valence-corrected chi connectivity index (χ3v) is 7.63. The van der Waals surface area contributed by atoms with Crippen LogP contribution in [-0.4, -0.2) is 40.2 Å². The van der Waals surface area contributed by atoms with E-state index in [1.807, 2.05) is 48.5 Å². The van der Waals surface area contributed by atoms with Crippen molar-refractivity contribution in [2.45, 2.75) is 25.8 Å². The average molecular weight is 569 g/mol. The number of carbonyl (C=O) groups excluding carboxylic acids is 3. The molecule has 3 aromatic rings. The lowest BCUT2D eigenvalue weighted by atomic mass is 10.0. The standard InChI is InChI=1S/C25H20IN3O5/c1-2-27(14-6-10-20-21(12-14)34-13-33-20)17-8-7-16-23-15(17)4-3-5-18(23)28(24(16)31)19-9-11-22(30)29(26)25(19)32/h3-8,10,12,19H,2,9,11,13H2,1H3. The summed E-state index contributed by atoms with van der Waals surface area (Å²) in [6.45, 7) is 2.98. The predicted octanol–water partition coefficient (Wildman–Crippen LogP) is 4.55. The van der Waals surface area contributed by atoms with E-state index in [1.165, 1.54) is 0 Å². The van der Waals surface area contributed by atoms with Crippen molar-refractivity contribution in [3.05, 3.63) is 54.1 Å². The van der Waals surface area contributed by atoms with E-state index in [9.17, 15) is 14.4 Å². The molecular weight excluding hydrogens is 549 g/mol. The molecule has 3 aliphatic heterocycles. The zero-order chi connectivity index (χ0) is 23.6. The van der Waals surface area contributed by atoms with E-state index in [0.717, 1.165) is 31.0 Å². The van der Waals surface area contributed by atoms with Crippen LogP contribution in [0.1, 0.15) is 30.1 Å². The normalized spacial score (nSPS) is 18.9. The topological polar surface area (TPSA) is 79.4 Å². The zero-order valence-electron chi connectivity index (χ0n) is 18.3. The summed E-state index contributed by atoms with van der Waals surface area (Å²) in [5, 5.41) is 1.75. The van der Waals surface area contributed by atoms with Crippen molar-refractivity contribution < 1.29 is 23.9 Å². The fourth-order valence-electron chi connectivity index (χ4n) is 5.06. The maximum Gasteiger partial charge on any atom is 0.261 e. The van der Waals surface area contributed by atoms with Crippen LogP contribution in [0.5, 0.6) is 11.5 Å². The highest BCUT2D eigenvalue weighted by molar-refractivity contribution is 14.1. The number of ether oxygens (including phenoxy) is 2. The lowest BCUT2D eigenvalue weighted by Crippen LogP contribution is -2.52. The number of amides is 3. The van der Waals surface area contributed by atoms with Crippen LogP contribution in [0, 0.1) is 0 Å². The molecule has 0 spiro atoms. The SMILES string of the molecule is CCN(c1ccc2c(c1)OCO2)c1ccc2c3c(cccc13)N(C1CCC(=O)N(I)C1=O)C2=O. The third kappa shape index (κ3) is 2.99. The van der Waals surface area contributed by atoms with Crippen molar-refractivity contribution in [1.82, 2.24) is 3.11 Å². The first kappa shape index (κ1) is 21.2. The Bertz CT molecular complexity index is 1390. The molecule has 3 heterocycles. The van der Waals surface area contributed by atoms with Crippen LogP contribution >= 0.6 is 22.9 Å². The van der Waals surface area contributed by atoms with E-state index in [0.29, 0.717) is 30.0 Å². The molecule has 0 radical (unpaired) electrons. The number of nitrogens with zero attached hydrogens (tertiary/aromatic N) is 3. The van der Waals surface area contributed by atoms with E-state index in [2.05, 4.69) is 11.8 Å². The van der Waals surface area contributed by atoms with Gasteiger partial charge in [-0.25, -0.2) is 3.11 Å². The second-order valence-electron chi connectivity index (χ2n) is 8.36. The van der Waals surface area contributed by atoms with Crippen LogP contribution in [0.2, 0.25) is 0 Å². The van der Waals surface area contributed by atoms with Gasteiger partial charge in [-0.1, -0.05) is 12.1 Å². The Kier molecular flexibility index (Phi) is 4.91. The molecule has 3 aliphatic rings. The maximum atomic E-state index is 13.5. The Morgan fingerprint density at radius 1 is 1.06 bits per heavy atom. The minimum atomic E-state index is -0.695. The van der Waals surface area contributed by atoms with Crippen molar-refractivity contribution in [2.24, 2.45) is 0 Å². The predicted molar refractivity (Wildman–Crippen MR) is 135 cm³/mol. The molecule has 3 aromatic carbocycles. The molecule has 9 heteroatoms. The number of hydrogen-bond acceptors (Lipinski definition) is 6. The number of hydrogen-bond donors (Lipinski definition) is 0. The number of halogens is 1. The molecule has 1 fully saturated rings. The zero-order valence-corrected chi connectivity index (χ0v) is 20.4. The summed E-state index contributed by atoms with van der Waals surface area (Å²) in [5.74, 6) is 0.638. The first-order chi connectivity index (χ1) is 16.5. The van der Waals surface area contributed by atoms with Gasteiger partial charge in [-0.2, -0.15) is 0 Å². The van der Waals surface area contributed by atoms with Crippen molar-refractivity contribution in [3.63, 3.8) is 0 Å². The van der Waals surface area contributed by atoms with Crippen LogP contribution in [0.15, 0.2) is 48.5 Å². The van der Waals surface area contributed by atoms with Gasteiger partial charge in [0, 0.05) is 41.2 Å². The molecule has 0 bridgehead atoms. The number of rotatable bonds is 4. The number of piperidine rings is 1. The van der Waals surface area contributed by atoms with Gasteiger partial charge >= 0.3 is 0 Å². The van der Waals surface area contributed by atoms with Crippen LogP contribution < -0.4 is 19.3 Å². The van der Waals surface area contributed by atoms with E-state index in [1.54, 1.807) is 27.8 Å². The van der Waals surface area contributed by atoms with Crippen molar-refractivity contribution >= 4 is 68.4 Å². The fraction of sp³-hybridized carbons (Fsp3) is 0.240. The Labute approximate surface area is 209 Å². The average Bonchev–Trinajstić information content (AvgIpc) is 3.43. The van der Waals surface area contributed by atoms with Gasteiger partial charge < -0.3 is 14.4 Å². The van der Waals surface area contributed by atoms with E-state index in [-0.39, 0.29) is 30.9 Å². The van der Waals surface area contributed by atoms with Gasteiger partial charge in [0.25, 0.3) is 11.8 Å². The molecule has 0 aromatic heterocycles. The lowest BCUT2D eigenvalue weighted by Gasteiger charge is -2.33. The maximum absolute atomic E-state index is 13.5. The largest absolute Gasteiger partial charge is 0.454 e. The monoisotopic (exact) mass is 569 g/mol. The summed E-state index contributed by atoms with van der Waals surface area (Å²) >= 11 is 1.73. The number of anilines is 3. The second-order valence-corrected chi connectivity index (χ2v) is 9.32. The minimum Gasteiger partial charge on any atom is -0.454 e. The molecule has 1 unspecified atom stereocenters. The summed E-state index contributed by atoms with van der Waals surface area (Å²) in [7, 11) is 0. The van der Waals surface area contributed by atoms with Crippen LogP contribution in [0.3, 0.4) is 0 Å².